The van der Waals surface area contributed by atoms with Gasteiger partial charge in [-0.05, 0) is 0 Å². The summed E-state index contributed by atoms with van der Waals surface area (Å²) in [5, 5.41) is -4.41. The molecule has 0 saturated carbocycles. The van der Waals surface area contributed by atoms with Gasteiger partial charge in [0.1, 0.15) is 13.2 Å². The fourth-order valence-corrected chi connectivity index (χ4v) is 5.11. The van der Waals surface area contributed by atoms with Crippen molar-refractivity contribution in [3.8, 4) is 0 Å². The van der Waals surface area contributed by atoms with E-state index in [4.69, 9.17) is 9.11 Å². The summed E-state index contributed by atoms with van der Waals surface area (Å²) in [4.78, 5) is 70.1. The second-order valence-electron chi connectivity index (χ2n) is 6.93. The summed E-state index contributed by atoms with van der Waals surface area (Å²) >= 11 is 0. The quantitative estimate of drug-likeness (QED) is 0.216. The zero-order valence-electron chi connectivity index (χ0n) is 17.1. The summed E-state index contributed by atoms with van der Waals surface area (Å²) in [7, 11) is -14.1. The van der Waals surface area contributed by atoms with Gasteiger partial charge in [-0.15, -0.1) is 0 Å². The van der Waals surface area contributed by atoms with Crippen molar-refractivity contribution in [2.75, 3.05) is 24.7 Å². The molecule has 6 amide bonds. The number of likely N-dealkylation sites (tertiary alicyclic amines) is 2. The van der Waals surface area contributed by atoms with Gasteiger partial charge in [-0.3, -0.25) is 28.3 Å². The maximum atomic E-state index is 12.0. The van der Waals surface area contributed by atoms with Crippen LogP contribution in [-0.4, -0.2) is 115 Å². The summed E-state index contributed by atoms with van der Waals surface area (Å²) in [5.74, 6) is -7.64. The average molecular weight is 564 g/mol. The lowest BCUT2D eigenvalue weighted by molar-refractivity contribution is -0.137. The summed E-state index contributed by atoms with van der Waals surface area (Å²) in [5.41, 5.74) is 0. The molecule has 0 spiro atoms. The second-order valence-corrected chi connectivity index (χ2v) is 12.4. The van der Waals surface area contributed by atoms with E-state index in [1.165, 1.54) is 0 Å². The highest BCUT2D eigenvalue weighted by Crippen LogP contribution is 2.21. The van der Waals surface area contributed by atoms with Crippen LogP contribution in [0.4, 0.5) is 9.59 Å². The van der Waals surface area contributed by atoms with Crippen LogP contribution in [0.1, 0.15) is 12.8 Å². The molecule has 2 atom stereocenters. The van der Waals surface area contributed by atoms with Crippen LogP contribution in [-0.2, 0) is 58.7 Å². The maximum Gasteiger partial charge on any atom is 0.423 e. The first-order chi connectivity index (χ1) is 15.9. The van der Waals surface area contributed by atoms with Crippen molar-refractivity contribution < 1.29 is 72.6 Å². The third-order valence-corrected chi connectivity index (χ3v) is 8.29. The topological polar surface area (TPSA) is 270 Å². The number of hydrogen-bond acceptors (Lipinski definition) is 14. The summed E-state index contributed by atoms with van der Waals surface area (Å²) in [6.45, 7) is -1.86. The molecule has 0 aromatic carbocycles. The number of carbonyl (C=O) groups excluding carboxylic acids is 6. The molecule has 2 rings (SSSR count). The lowest BCUT2D eigenvalue weighted by Gasteiger charge is -2.14. The monoisotopic (exact) mass is 564 g/mol. The molecule has 0 aliphatic carbocycles. The van der Waals surface area contributed by atoms with Gasteiger partial charge in [0.2, 0.25) is 11.8 Å². The van der Waals surface area contributed by atoms with E-state index in [-0.39, 0.29) is 9.80 Å². The molecule has 21 heteroatoms. The second kappa shape index (κ2) is 9.93. The first kappa shape index (κ1) is 28.2. The third kappa shape index (κ3) is 6.56. The molecule has 2 unspecified atom stereocenters. The Morgan fingerprint density at radius 2 is 1.03 bits per heavy atom. The molecule has 2 aliphatic rings. The smallest absolute Gasteiger partial charge is 0.423 e. The Hall–Kier alpha value is -3.01. The fraction of sp³-hybridized carbons (Fsp3) is 0.571. The van der Waals surface area contributed by atoms with E-state index in [1.54, 1.807) is 0 Å². The number of imide groups is 6. The molecule has 0 aromatic heterocycles. The van der Waals surface area contributed by atoms with Gasteiger partial charge < -0.3 is 9.47 Å². The molecule has 18 nitrogen and oxygen atoms in total. The third-order valence-electron chi connectivity index (χ3n) is 4.53. The summed E-state index contributed by atoms with van der Waals surface area (Å²) in [6, 6.07) is 0. The largest absolute Gasteiger partial charge is 0.448 e. The van der Waals surface area contributed by atoms with E-state index in [2.05, 4.69) is 9.47 Å². The van der Waals surface area contributed by atoms with Gasteiger partial charge in [0.15, 0.2) is 20.3 Å². The van der Waals surface area contributed by atoms with Crippen molar-refractivity contribution in [1.82, 2.24) is 9.80 Å². The highest BCUT2D eigenvalue weighted by Gasteiger charge is 2.50. The van der Waals surface area contributed by atoms with Crippen LogP contribution in [0.2, 0.25) is 0 Å². The van der Waals surface area contributed by atoms with Crippen LogP contribution in [0.15, 0.2) is 0 Å². The molecular weight excluding hydrogens is 548 g/mol. The number of nitrogens with zero attached hydrogens (tertiary/aromatic N) is 2. The van der Waals surface area contributed by atoms with Crippen LogP contribution >= 0.6 is 0 Å². The lowest BCUT2D eigenvalue weighted by Crippen LogP contribution is -2.40. The van der Waals surface area contributed by atoms with Crippen molar-refractivity contribution >= 4 is 65.9 Å². The van der Waals surface area contributed by atoms with Gasteiger partial charge >= 0.3 is 12.2 Å². The van der Waals surface area contributed by atoms with Gasteiger partial charge in [-0.25, -0.2) is 18.0 Å². The minimum absolute atomic E-state index is 0.212. The zero-order valence-corrected chi connectivity index (χ0v) is 19.6. The Kier molecular flexibility index (Phi) is 8.01. The Morgan fingerprint density at radius 3 is 1.29 bits per heavy atom. The Balaban J connectivity index is 1.83. The van der Waals surface area contributed by atoms with Crippen LogP contribution in [0.3, 0.4) is 0 Å². The fourth-order valence-electron chi connectivity index (χ4n) is 2.80. The number of ether oxygens (including phenoxy) is 2. The molecule has 0 aromatic rings. The summed E-state index contributed by atoms with van der Waals surface area (Å²) < 4.78 is 94.7. The Bertz CT molecular complexity index is 1200. The average Bonchev–Trinajstić information content (AvgIpc) is 3.16. The predicted molar refractivity (Wildman–Crippen MR) is 105 cm³/mol. The number of carbonyl (C=O) groups is 6. The number of hydrogen-bond donors (Lipinski definition) is 2. The van der Waals surface area contributed by atoms with Crippen LogP contribution < -0.4 is 0 Å². The highest BCUT2D eigenvalue weighted by molar-refractivity contribution is 7.91. The van der Waals surface area contributed by atoms with Crippen molar-refractivity contribution in [2.45, 2.75) is 23.3 Å². The van der Waals surface area contributed by atoms with Crippen molar-refractivity contribution in [2.24, 2.45) is 0 Å². The van der Waals surface area contributed by atoms with Crippen molar-refractivity contribution in [1.29, 1.82) is 0 Å². The van der Waals surface area contributed by atoms with E-state index in [0.717, 1.165) is 0 Å². The normalized spacial score (nSPS) is 21.5. The van der Waals surface area contributed by atoms with Crippen LogP contribution in [0, 0.1) is 0 Å². The first-order valence-corrected chi connectivity index (χ1v) is 13.9. The van der Waals surface area contributed by atoms with Gasteiger partial charge in [-0.1, -0.05) is 0 Å². The molecular formula is C14H16N2O16S3. The van der Waals surface area contributed by atoms with Crippen LogP contribution in [0.5, 0.6) is 0 Å². The Labute approximate surface area is 196 Å². The van der Waals surface area contributed by atoms with E-state index in [0.29, 0.717) is 0 Å². The maximum absolute atomic E-state index is 12.0. The zero-order chi connectivity index (χ0) is 26.9. The highest BCUT2D eigenvalue weighted by atomic mass is 32.2. The van der Waals surface area contributed by atoms with Crippen LogP contribution in [0.25, 0.3) is 0 Å². The number of amides is 6. The molecule has 2 aliphatic heterocycles. The molecule has 2 fully saturated rings. The van der Waals surface area contributed by atoms with E-state index >= 15 is 0 Å². The van der Waals surface area contributed by atoms with Crippen molar-refractivity contribution in [3.05, 3.63) is 0 Å². The first-order valence-electron chi connectivity index (χ1n) is 9.07. The molecule has 2 saturated heterocycles. The standard InChI is InChI=1S/C14H16N2O16S3/c17-9-5-7(34(25,26)27)11(19)15(9)13(21)31-1-3-33(23,24)4-2-32-14(22)16-10(18)6-8(12(16)20)35(28,29)30/h7-8H,1-6H2,(H,25,26,27)(H,28,29,30). The SMILES string of the molecule is O=C1CC(S(=O)(=O)O)C(=O)N1C(=O)OCCS(=O)(=O)CCOC(=O)N1C(=O)CC(S(=O)(=O)O)C1=O. The lowest BCUT2D eigenvalue weighted by atomic mass is 10.4. The van der Waals surface area contributed by atoms with E-state index < -0.39 is 114 Å². The van der Waals surface area contributed by atoms with E-state index in [1.807, 2.05) is 0 Å². The molecule has 35 heavy (non-hydrogen) atoms. The number of sulfone groups is 1. The predicted octanol–water partition coefficient (Wildman–Crippen LogP) is -3.29. The molecule has 0 radical (unpaired) electrons. The molecule has 0 bridgehead atoms. The minimum atomic E-state index is -4.98. The van der Waals surface area contributed by atoms with E-state index in [9.17, 15) is 54.0 Å². The molecule has 2 heterocycles. The van der Waals surface area contributed by atoms with Gasteiger partial charge in [0.25, 0.3) is 32.1 Å². The van der Waals surface area contributed by atoms with Gasteiger partial charge in [-0.2, -0.15) is 26.6 Å². The van der Waals surface area contributed by atoms with Gasteiger partial charge in [0.05, 0.1) is 24.3 Å². The number of rotatable bonds is 8. The molecule has 196 valence electrons. The van der Waals surface area contributed by atoms with Crippen molar-refractivity contribution in [3.63, 3.8) is 0 Å². The molecule has 2 N–H and O–H groups in total. The Morgan fingerprint density at radius 1 is 0.714 bits per heavy atom. The summed E-state index contributed by atoms with van der Waals surface area (Å²) in [6.07, 6.45) is -5.42. The minimum Gasteiger partial charge on any atom is -0.448 e. The van der Waals surface area contributed by atoms with Gasteiger partial charge in [0, 0.05) is 0 Å².